The van der Waals surface area contributed by atoms with Crippen LogP contribution in [-0.4, -0.2) is 17.7 Å². The largest absolute Gasteiger partial charge is 0.432 e. The van der Waals surface area contributed by atoms with Gasteiger partial charge in [0.05, 0.1) is 6.61 Å². The first kappa shape index (κ1) is 8.17. The second kappa shape index (κ2) is 4.09. The summed E-state index contributed by atoms with van der Waals surface area (Å²) in [4.78, 5) is 10.2. The summed E-state index contributed by atoms with van der Waals surface area (Å²) in [6.07, 6.45) is 1.42. The van der Waals surface area contributed by atoms with Gasteiger partial charge in [0.25, 0.3) is 0 Å². The molecule has 0 unspecified atom stereocenters. The fourth-order valence-electron chi connectivity index (χ4n) is 0.397. The molecule has 0 heterocycles. The molecule has 3 heteroatoms. The molecule has 0 rings (SSSR count). The third-order valence-electron chi connectivity index (χ3n) is 0.683. The fourth-order valence-corrected chi connectivity index (χ4v) is 0.397. The van der Waals surface area contributed by atoms with Gasteiger partial charge in [0.15, 0.2) is 0 Å². The zero-order valence-electron chi connectivity index (χ0n) is 5.55. The molecule has 0 saturated carbocycles. The average Bonchev–Trinajstić information content (AvgIpc) is 1.63. The lowest BCUT2D eigenvalue weighted by Crippen LogP contribution is -1.96. The van der Waals surface area contributed by atoms with E-state index >= 15 is 0 Å². The molecule has 0 saturated heterocycles. The zero-order valence-corrected chi connectivity index (χ0v) is 5.55. The minimum Gasteiger partial charge on any atom is -0.432 e. The lowest BCUT2D eigenvalue weighted by Gasteiger charge is -1.97. The highest BCUT2D eigenvalue weighted by Crippen LogP contribution is 1.93. The Morgan fingerprint density at radius 1 is 1.67 bits per heavy atom. The van der Waals surface area contributed by atoms with Crippen LogP contribution in [-0.2, 0) is 9.53 Å². The van der Waals surface area contributed by atoms with Crippen LogP contribution >= 0.6 is 0 Å². The summed E-state index contributed by atoms with van der Waals surface area (Å²) in [5.41, 5.74) is 0. The van der Waals surface area contributed by atoms with E-state index in [0.29, 0.717) is 5.76 Å². The number of aliphatic hydroxyl groups excluding tert-OH is 1. The maximum Gasteiger partial charge on any atom is 0.307 e. The second-order valence-corrected chi connectivity index (χ2v) is 1.59. The van der Waals surface area contributed by atoms with E-state index in [1.54, 1.807) is 6.92 Å². The molecule has 0 fully saturated rings. The standard InChI is InChI=1S/C6H10O3/c1-5(3-4-7)9-6(2)8/h3,7H,4H2,1-2H3/b5-3+. The Bertz CT molecular complexity index is 126. The van der Waals surface area contributed by atoms with Crippen LogP contribution in [0.2, 0.25) is 0 Å². The second-order valence-electron chi connectivity index (χ2n) is 1.59. The molecule has 1 N–H and O–H groups in total. The van der Waals surface area contributed by atoms with Gasteiger partial charge in [-0.1, -0.05) is 0 Å². The van der Waals surface area contributed by atoms with Gasteiger partial charge in [-0.2, -0.15) is 0 Å². The van der Waals surface area contributed by atoms with E-state index in [9.17, 15) is 4.79 Å². The minimum absolute atomic E-state index is 0.0981. The molecule has 0 spiro atoms. The molecule has 0 aliphatic carbocycles. The van der Waals surface area contributed by atoms with Crippen molar-refractivity contribution < 1.29 is 14.6 Å². The van der Waals surface area contributed by atoms with Gasteiger partial charge in [0, 0.05) is 6.92 Å². The van der Waals surface area contributed by atoms with Crippen molar-refractivity contribution in [3.05, 3.63) is 11.8 Å². The average molecular weight is 130 g/mol. The number of esters is 1. The summed E-state index contributed by atoms with van der Waals surface area (Å²) in [6, 6.07) is 0. The number of rotatable bonds is 2. The van der Waals surface area contributed by atoms with Gasteiger partial charge in [0.2, 0.25) is 0 Å². The van der Waals surface area contributed by atoms with Crippen LogP contribution in [0.25, 0.3) is 0 Å². The highest BCUT2D eigenvalue weighted by Gasteiger charge is 1.91. The van der Waals surface area contributed by atoms with Crippen molar-refractivity contribution in [3.8, 4) is 0 Å². The quantitative estimate of drug-likeness (QED) is 0.436. The Kier molecular flexibility index (Phi) is 3.71. The monoisotopic (exact) mass is 130 g/mol. The van der Waals surface area contributed by atoms with E-state index in [2.05, 4.69) is 4.74 Å². The van der Waals surface area contributed by atoms with Crippen molar-refractivity contribution in [2.45, 2.75) is 13.8 Å². The highest BCUT2D eigenvalue weighted by molar-refractivity contribution is 5.67. The summed E-state index contributed by atoms with van der Waals surface area (Å²) in [5, 5.41) is 8.28. The summed E-state index contributed by atoms with van der Waals surface area (Å²) >= 11 is 0. The predicted octanol–water partition coefficient (Wildman–Crippen LogP) is 0.446. The lowest BCUT2D eigenvalue weighted by molar-refractivity contribution is -0.136. The van der Waals surface area contributed by atoms with Crippen LogP contribution in [0.3, 0.4) is 0 Å². The van der Waals surface area contributed by atoms with Gasteiger partial charge < -0.3 is 9.84 Å². The maximum absolute atomic E-state index is 10.2. The van der Waals surface area contributed by atoms with Crippen LogP contribution in [0.1, 0.15) is 13.8 Å². The van der Waals surface area contributed by atoms with Crippen LogP contribution < -0.4 is 0 Å². The van der Waals surface area contributed by atoms with Gasteiger partial charge in [-0.25, -0.2) is 0 Å². The zero-order chi connectivity index (χ0) is 7.28. The number of hydrogen-bond donors (Lipinski definition) is 1. The molecule has 0 atom stereocenters. The Morgan fingerprint density at radius 2 is 2.22 bits per heavy atom. The SMILES string of the molecule is CC(=O)O/C(C)=C/CO. The molecule has 0 aliphatic rings. The summed E-state index contributed by atoms with van der Waals surface area (Å²) in [5.74, 6) is 0.0715. The van der Waals surface area contributed by atoms with Gasteiger partial charge in [-0.05, 0) is 13.0 Å². The Hall–Kier alpha value is -0.830. The van der Waals surface area contributed by atoms with Crippen molar-refractivity contribution in [2.75, 3.05) is 6.61 Å². The van der Waals surface area contributed by atoms with Crippen molar-refractivity contribution in [3.63, 3.8) is 0 Å². The summed E-state index contributed by atoms with van der Waals surface area (Å²) in [6.45, 7) is 2.82. The fraction of sp³-hybridized carbons (Fsp3) is 0.500. The number of hydrogen-bond acceptors (Lipinski definition) is 3. The molecule has 52 valence electrons. The van der Waals surface area contributed by atoms with E-state index in [0.717, 1.165) is 0 Å². The van der Waals surface area contributed by atoms with Gasteiger partial charge in [-0.3, -0.25) is 4.79 Å². The van der Waals surface area contributed by atoms with Crippen molar-refractivity contribution in [2.24, 2.45) is 0 Å². The van der Waals surface area contributed by atoms with Crippen LogP contribution in [0.4, 0.5) is 0 Å². The van der Waals surface area contributed by atoms with Crippen molar-refractivity contribution in [1.29, 1.82) is 0 Å². The molecule has 0 radical (unpaired) electrons. The van der Waals surface area contributed by atoms with Gasteiger partial charge in [0.1, 0.15) is 5.76 Å². The molecular weight excluding hydrogens is 120 g/mol. The van der Waals surface area contributed by atoms with E-state index in [-0.39, 0.29) is 12.6 Å². The van der Waals surface area contributed by atoms with E-state index < -0.39 is 0 Å². The number of aliphatic hydroxyl groups is 1. The van der Waals surface area contributed by atoms with Crippen LogP contribution in [0.15, 0.2) is 11.8 Å². The summed E-state index contributed by atoms with van der Waals surface area (Å²) in [7, 11) is 0. The first-order valence-corrected chi connectivity index (χ1v) is 2.63. The highest BCUT2D eigenvalue weighted by atomic mass is 16.5. The molecule has 3 nitrogen and oxygen atoms in total. The van der Waals surface area contributed by atoms with Gasteiger partial charge >= 0.3 is 5.97 Å². The van der Waals surface area contributed by atoms with Crippen molar-refractivity contribution >= 4 is 5.97 Å². The normalized spacial score (nSPS) is 11.2. The van der Waals surface area contributed by atoms with Crippen molar-refractivity contribution in [1.82, 2.24) is 0 Å². The number of ether oxygens (including phenoxy) is 1. The smallest absolute Gasteiger partial charge is 0.307 e. The Balaban J connectivity index is 3.62. The first-order valence-electron chi connectivity index (χ1n) is 2.63. The van der Waals surface area contributed by atoms with Crippen LogP contribution in [0.5, 0.6) is 0 Å². The first-order chi connectivity index (χ1) is 4.16. The minimum atomic E-state index is -0.364. The van der Waals surface area contributed by atoms with E-state index in [1.165, 1.54) is 13.0 Å². The number of carbonyl (C=O) groups excluding carboxylic acids is 1. The molecule has 0 aliphatic heterocycles. The van der Waals surface area contributed by atoms with Gasteiger partial charge in [-0.15, -0.1) is 0 Å². The number of allylic oxidation sites excluding steroid dienone is 1. The maximum atomic E-state index is 10.2. The molecule has 0 aromatic rings. The summed E-state index contributed by atoms with van der Waals surface area (Å²) < 4.78 is 4.55. The topological polar surface area (TPSA) is 46.5 Å². The lowest BCUT2D eigenvalue weighted by atomic mass is 10.5. The number of carbonyl (C=O) groups is 1. The predicted molar refractivity (Wildman–Crippen MR) is 32.6 cm³/mol. The molecular formula is C6H10O3. The Morgan fingerprint density at radius 3 is 2.56 bits per heavy atom. The molecule has 0 aromatic carbocycles. The van der Waals surface area contributed by atoms with E-state index in [4.69, 9.17) is 5.11 Å². The van der Waals surface area contributed by atoms with E-state index in [1.807, 2.05) is 0 Å². The molecule has 0 bridgehead atoms. The Labute approximate surface area is 53.9 Å². The third kappa shape index (κ3) is 5.03. The third-order valence-corrected chi connectivity index (χ3v) is 0.683. The van der Waals surface area contributed by atoms with Crippen LogP contribution in [0, 0.1) is 0 Å². The molecule has 9 heavy (non-hydrogen) atoms. The molecule has 0 aromatic heterocycles. The molecule has 0 amide bonds.